The largest absolute Gasteiger partial charge is 0.448 e. The molecule has 192 valence electrons. The number of thiocarbonyl (C=S) groups is 1. The molecule has 9 heteroatoms. The number of hydrogen-bond acceptors (Lipinski definition) is 5. The molecule has 0 radical (unpaired) electrons. The second kappa shape index (κ2) is 10.5. The van der Waals surface area contributed by atoms with E-state index in [2.05, 4.69) is 10.6 Å². The molecule has 1 amide bonds. The molecule has 1 heterocycles. The zero-order chi connectivity index (χ0) is 26.0. The molecule has 2 aliphatic rings. The van der Waals surface area contributed by atoms with E-state index in [0.29, 0.717) is 13.0 Å². The van der Waals surface area contributed by atoms with Gasteiger partial charge < -0.3 is 19.9 Å². The SMILES string of the molecule is O=C(NC(=S)NC1(c2ccc(F)cc2F)COCCC1CO)OCC1c2ccccc2-c2ccccc21. The molecule has 0 bridgehead atoms. The van der Waals surface area contributed by atoms with Crippen molar-refractivity contribution < 1.29 is 28.2 Å². The second-order valence-electron chi connectivity index (χ2n) is 9.22. The van der Waals surface area contributed by atoms with Gasteiger partial charge >= 0.3 is 6.09 Å². The molecule has 2 unspecified atom stereocenters. The van der Waals surface area contributed by atoms with Crippen molar-refractivity contribution in [3.63, 3.8) is 0 Å². The Hall–Kier alpha value is -3.40. The van der Waals surface area contributed by atoms with Crippen LogP contribution in [-0.4, -0.2) is 42.7 Å². The number of nitrogens with one attached hydrogen (secondary N) is 2. The smallest absolute Gasteiger partial charge is 0.413 e. The molecule has 3 N–H and O–H groups in total. The van der Waals surface area contributed by atoms with E-state index in [1.165, 1.54) is 6.07 Å². The first-order valence-electron chi connectivity index (χ1n) is 12.0. The lowest BCUT2D eigenvalue weighted by Gasteiger charge is -2.44. The fourth-order valence-corrected chi connectivity index (χ4v) is 5.65. The molecule has 0 spiro atoms. The van der Waals surface area contributed by atoms with Crippen LogP contribution in [-0.2, 0) is 15.0 Å². The maximum Gasteiger partial charge on any atom is 0.413 e. The van der Waals surface area contributed by atoms with Crippen molar-refractivity contribution in [3.05, 3.63) is 95.1 Å². The molecule has 6 nitrogen and oxygen atoms in total. The van der Waals surface area contributed by atoms with Crippen molar-refractivity contribution in [3.8, 4) is 11.1 Å². The molecule has 0 aromatic heterocycles. The van der Waals surface area contributed by atoms with Crippen LogP contribution in [0.4, 0.5) is 13.6 Å². The summed E-state index contributed by atoms with van der Waals surface area (Å²) in [7, 11) is 0. The van der Waals surface area contributed by atoms with Gasteiger partial charge in [0.15, 0.2) is 5.11 Å². The molecule has 3 aromatic rings. The maximum atomic E-state index is 14.9. The molecular formula is C28H26F2N2O4S. The van der Waals surface area contributed by atoms with E-state index >= 15 is 0 Å². The van der Waals surface area contributed by atoms with Crippen molar-refractivity contribution in [1.82, 2.24) is 10.6 Å². The van der Waals surface area contributed by atoms with Gasteiger partial charge in [-0.3, -0.25) is 5.32 Å². The van der Waals surface area contributed by atoms with Crippen LogP contribution in [0.5, 0.6) is 0 Å². The Labute approximate surface area is 218 Å². The normalized spacial score (nSPS) is 20.6. The second-order valence-corrected chi connectivity index (χ2v) is 9.63. The van der Waals surface area contributed by atoms with Crippen LogP contribution in [0.2, 0.25) is 0 Å². The Morgan fingerprint density at radius 2 is 1.76 bits per heavy atom. The predicted octanol–water partition coefficient (Wildman–Crippen LogP) is 4.60. The Balaban J connectivity index is 1.30. The van der Waals surface area contributed by atoms with E-state index in [0.717, 1.165) is 34.4 Å². The number of amides is 1. The van der Waals surface area contributed by atoms with Crippen LogP contribution in [0.15, 0.2) is 66.7 Å². The first-order chi connectivity index (χ1) is 17.9. The minimum absolute atomic E-state index is 0.0344. The van der Waals surface area contributed by atoms with E-state index in [1.807, 2.05) is 48.5 Å². The lowest BCUT2D eigenvalue weighted by molar-refractivity contribution is -0.0342. The Bertz CT molecular complexity index is 1290. The molecule has 1 fully saturated rings. The summed E-state index contributed by atoms with van der Waals surface area (Å²) in [5, 5.41) is 15.4. The summed E-state index contributed by atoms with van der Waals surface area (Å²) in [5.41, 5.74) is 3.16. The fourth-order valence-electron chi connectivity index (χ4n) is 5.39. The topological polar surface area (TPSA) is 79.8 Å². The summed E-state index contributed by atoms with van der Waals surface area (Å²) in [6.45, 7) is 0.140. The zero-order valence-corrected chi connectivity index (χ0v) is 20.7. The molecule has 5 rings (SSSR count). The van der Waals surface area contributed by atoms with Crippen LogP contribution >= 0.6 is 12.2 Å². The number of aliphatic hydroxyl groups excluding tert-OH is 1. The first kappa shape index (κ1) is 25.3. The summed E-state index contributed by atoms with van der Waals surface area (Å²) in [5.74, 6) is -2.15. The summed E-state index contributed by atoms with van der Waals surface area (Å²) in [6, 6.07) is 19.2. The third-order valence-corrected chi connectivity index (χ3v) is 7.37. The summed E-state index contributed by atoms with van der Waals surface area (Å²) >= 11 is 5.37. The summed E-state index contributed by atoms with van der Waals surface area (Å²) in [6.07, 6.45) is -0.361. The predicted molar refractivity (Wildman–Crippen MR) is 138 cm³/mol. The summed E-state index contributed by atoms with van der Waals surface area (Å²) in [4.78, 5) is 12.7. The van der Waals surface area contributed by atoms with Gasteiger partial charge in [0.1, 0.15) is 18.2 Å². The highest BCUT2D eigenvalue weighted by Gasteiger charge is 2.45. The number of benzene rings is 3. The van der Waals surface area contributed by atoms with E-state index in [9.17, 15) is 18.7 Å². The molecule has 1 aliphatic heterocycles. The first-order valence-corrected chi connectivity index (χ1v) is 12.4. The van der Waals surface area contributed by atoms with E-state index < -0.39 is 29.2 Å². The van der Waals surface area contributed by atoms with Gasteiger partial charge in [-0.1, -0.05) is 54.6 Å². The van der Waals surface area contributed by atoms with Gasteiger partial charge in [-0.15, -0.1) is 0 Å². The van der Waals surface area contributed by atoms with Gasteiger partial charge in [0.2, 0.25) is 0 Å². The summed E-state index contributed by atoms with van der Waals surface area (Å²) < 4.78 is 39.6. The highest BCUT2D eigenvalue weighted by atomic mass is 32.1. The van der Waals surface area contributed by atoms with Crippen LogP contribution in [0.1, 0.15) is 29.0 Å². The maximum absolute atomic E-state index is 14.9. The minimum atomic E-state index is -1.31. The van der Waals surface area contributed by atoms with Crippen molar-refractivity contribution >= 4 is 23.4 Å². The molecule has 37 heavy (non-hydrogen) atoms. The Morgan fingerprint density at radius 3 is 2.41 bits per heavy atom. The van der Waals surface area contributed by atoms with Gasteiger partial charge in [-0.05, 0) is 47.0 Å². The van der Waals surface area contributed by atoms with Gasteiger partial charge in [0.25, 0.3) is 0 Å². The lowest BCUT2D eigenvalue weighted by atomic mass is 9.75. The number of ether oxygens (including phenoxy) is 2. The van der Waals surface area contributed by atoms with Crippen LogP contribution < -0.4 is 10.6 Å². The minimum Gasteiger partial charge on any atom is -0.448 e. The number of alkyl carbamates (subject to hydrolysis) is 1. The van der Waals surface area contributed by atoms with Gasteiger partial charge in [0.05, 0.1) is 12.1 Å². The van der Waals surface area contributed by atoms with Crippen molar-refractivity contribution in [2.75, 3.05) is 26.4 Å². The van der Waals surface area contributed by atoms with E-state index in [4.69, 9.17) is 21.7 Å². The third-order valence-electron chi connectivity index (χ3n) is 7.17. The number of carbonyl (C=O) groups is 1. The molecule has 3 aromatic carbocycles. The van der Waals surface area contributed by atoms with Crippen molar-refractivity contribution in [1.29, 1.82) is 0 Å². The molecule has 2 atom stereocenters. The van der Waals surface area contributed by atoms with Crippen LogP contribution in [0.25, 0.3) is 11.1 Å². The third kappa shape index (κ3) is 4.82. The molecular weight excluding hydrogens is 498 g/mol. The monoisotopic (exact) mass is 524 g/mol. The van der Waals surface area contributed by atoms with Crippen LogP contribution in [0.3, 0.4) is 0 Å². The lowest BCUT2D eigenvalue weighted by Crippen LogP contribution is -2.60. The number of hydrogen-bond donors (Lipinski definition) is 3. The number of fused-ring (bicyclic) bond motifs is 3. The molecule has 0 saturated carbocycles. The fraction of sp³-hybridized carbons (Fsp3) is 0.286. The Kier molecular flexibility index (Phi) is 7.19. The number of aliphatic hydroxyl groups is 1. The van der Waals surface area contributed by atoms with Crippen molar-refractivity contribution in [2.45, 2.75) is 17.9 Å². The number of rotatable bonds is 5. The van der Waals surface area contributed by atoms with Gasteiger partial charge in [0, 0.05) is 36.7 Å². The molecule has 1 aliphatic carbocycles. The zero-order valence-electron chi connectivity index (χ0n) is 19.9. The number of carbonyl (C=O) groups excluding carboxylic acids is 1. The van der Waals surface area contributed by atoms with E-state index in [1.54, 1.807) is 0 Å². The Morgan fingerprint density at radius 1 is 1.08 bits per heavy atom. The van der Waals surface area contributed by atoms with Gasteiger partial charge in [-0.2, -0.15) is 0 Å². The highest BCUT2D eigenvalue weighted by Crippen LogP contribution is 2.44. The van der Waals surface area contributed by atoms with E-state index in [-0.39, 0.29) is 36.4 Å². The average molecular weight is 525 g/mol. The highest BCUT2D eigenvalue weighted by molar-refractivity contribution is 7.80. The quantitative estimate of drug-likeness (QED) is 0.424. The number of halogens is 2. The van der Waals surface area contributed by atoms with Gasteiger partial charge in [-0.25, -0.2) is 13.6 Å². The molecule has 1 saturated heterocycles. The standard InChI is InChI=1S/C28H26F2N2O4S/c29-18-9-10-24(25(30)13-18)28(16-35-12-11-17(28)14-33)32-26(37)31-27(34)36-15-23-21-7-3-1-5-19(21)20-6-2-4-8-22(20)23/h1-10,13,17,23,33H,11-12,14-16H2,(H2,31,32,34,37). The van der Waals surface area contributed by atoms with Crippen LogP contribution in [0, 0.1) is 17.6 Å². The van der Waals surface area contributed by atoms with Crippen molar-refractivity contribution in [2.24, 2.45) is 5.92 Å². The average Bonchev–Trinajstić information content (AvgIpc) is 3.21.